The monoisotopic (exact) mass is 790 g/mol. The van der Waals surface area contributed by atoms with Gasteiger partial charge >= 0.3 is 0 Å². The second kappa shape index (κ2) is 17.2. The lowest BCUT2D eigenvalue weighted by Gasteiger charge is -2.26. The predicted molar refractivity (Wildman–Crippen MR) is 205 cm³/mol. The lowest BCUT2D eigenvalue weighted by molar-refractivity contribution is -0.119. The Bertz CT molecular complexity index is 2380. The molecule has 16 nitrogen and oxygen atoms in total. The van der Waals surface area contributed by atoms with Crippen LogP contribution in [0.25, 0.3) is 11.1 Å². The molecule has 0 unspecified atom stereocenters. The minimum Gasteiger partial charge on any atom is -0.497 e. The van der Waals surface area contributed by atoms with E-state index in [9.17, 15) is 26.4 Å². The first-order valence-electron chi connectivity index (χ1n) is 16.3. The molecule has 0 aliphatic rings. The van der Waals surface area contributed by atoms with Gasteiger partial charge in [-0.05, 0) is 59.7 Å². The minimum absolute atomic E-state index is 0.0391. The molecule has 0 fully saturated rings. The van der Waals surface area contributed by atoms with Crippen LogP contribution in [0.15, 0.2) is 113 Å². The van der Waals surface area contributed by atoms with Gasteiger partial charge in [0.15, 0.2) is 0 Å². The number of ether oxygens (including phenoxy) is 4. The van der Waals surface area contributed by atoms with Crippen LogP contribution in [0.4, 0.5) is 17.1 Å². The van der Waals surface area contributed by atoms with E-state index in [1.54, 1.807) is 18.2 Å². The van der Waals surface area contributed by atoms with Crippen LogP contribution in [0, 0.1) is 0 Å². The minimum atomic E-state index is -4.45. The molecule has 4 aromatic carbocycles. The molecule has 0 aliphatic heterocycles. The first-order chi connectivity index (χ1) is 26.4. The number of sulfonamides is 2. The van der Waals surface area contributed by atoms with Crippen molar-refractivity contribution in [3.8, 4) is 34.1 Å². The van der Waals surface area contributed by atoms with Crippen molar-refractivity contribution in [1.82, 2.24) is 15.3 Å². The molecule has 0 radical (unpaired) electrons. The fourth-order valence-electron chi connectivity index (χ4n) is 5.40. The molecule has 1 aromatic heterocycles. The van der Waals surface area contributed by atoms with E-state index in [2.05, 4.69) is 20.6 Å². The number of benzene rings is 4. The summed E-state index contributed by atoms with van der Waals surface area (Å²) in [5, 5.41) is 5.04. The van der Waals surface area contributed by atoms with Gasteiger partial charge in [0.1, 0.15) is 42.4 Å². The van der Waals surface area contributed by atoms with Crippen LogP contribution in [0.2, 0.25) is 0 Å². The van der Waals surface area contributed by atoms with E-state index in [0.29, 0.717) is 22.6 Å². The Balaban J connectivity index is 1.52. The van der Waals surface area contributed by atoms with Gasteiger partial charge in [-0.15, -0.1) is 0 Å². The van der Waals surface area contributed by atoms with Crippen molar-refractivity contribution in [1.29, 1.82) is 0 Å². The van der Waals surface area contributed by atoms with E-state index in [1.807, 2.05) is 0 Å². The lowest BCUT2D eigenvalue weighted by Crippen LogP contribution is -2.40. The predicted octanol–water partition coefficient (Wildman–Crippen LogP) is 3.95. The van der Waals surface area contributed by atoms with Crippen molar-refractivity contribution in [2.24, 2.45) is 0 Å². The smallest absolute Gasteiger partial charge is 0.264 e. The van der Waals surface area contributed by atoms with Crippen molar-refractivity contribution in [2.45, 2.75) is 9.79 Å². The van der Waals surface area contributed by atoms with Crippen molar-refractivity contribution in [2.75, 3.05) is 62.5 Å². The SMILES string of the molecule is CNC(=O)CN(c1cc(OC)ccc1OC)S(=O)(=O)c1cccc(-c2ccc(S(=O)(=O)N(CC(=O)Nc3cncnc3)c3cc(OC)ccc3OC)cc2)c1. The summed E-state index contributed by atoms with van der Waals surface area (Å²) in [6.45, 7) is -1.22. The molecule has 0 spiro atoms. The lowest BCUT2D eigenvalue weighted by atomic mass is 10.1. The van der Waals surface area contributed by atoms with Gasteiger partial charge < -0.3 is 29.6 Å². The molecule has 0 saturated heterocycles. The molecular weight excluding hydrogens is 753 g/mol. The number of hydrogen-bond acceptors (Lipinski definition) is 12. The summed E-state index contributed by atoms with van der Waals surface area (Å²) in [5.74, 6) is -0.257. The molecule has 5 aromatic rings. The zero-order chi connectivity index (χ0) is 39.8. The quantitative estimate of drug-likeness (QED) is 0.146. The highest BCUT2D eigenvalue weighted by Crippen LogP contribution is 2.38. The number of rotatable bonds is 16. The number of anilines is 3. The van der Waals surface area contributed by atoms with Crippen molar-refractivity contribution in [3.63, 3.8) is 0 Å². The first-order valence-corrected chi connectivity index (χ1v) is 19.2. The maximum absolute atomic E-state index is 14.3. The van der Waals surface area contributed by atoms with Crippen molar-refractivity contribution < 1.29 is 45.4 Å². The van der Waals surface area contributed by atoms with Gasteiger partial charge in [-0.2, -0.15) is 0 Å². The summed E-state index contributed by atoms with van der Waals surface area (Å²) in [5.41, 5.74) is 1.28. The van der Waals surface area contributed by atoms with Crippen molar-refractivity contribution in [3.05, 3.63) is 104 Å². The highest BCUT2D eigenvalue weighted by molar-refractivity contribution is 7.93. The van der Waals surface area contributed by atoms with Gasteiger partial charge in [0.2, 0.25) is 11.8 Å². The normalized spacial score (nSPS) is 11.2. The van der Waals surface area contributed by atoms with Crippen LogP contribution in [-0.4, -0.2) is 87.2 Å². The van der Waals surface area contributed by atoms with Crippen LogP contribution >= 0.6 is 0 Å². The van der Waals surface area contributed by atoms with E-state index < -0.39 is 45.0 Å². The maximum Gasteiger partial charge on any atom is 0.264 e. The van der Waals surface area contributed by atoms with Gasteiger partial charge in [0.05, 0.1) is 67.7 Å². The third-order valence-electron chi connectivity index (χ3n) is 8.20. The molecule has 55 heavy (non-hydrogen) atoms. The fourth-order valence-corrected chi connectivity index (χ4v) is 8.29. The van der Waals surface area contributed by atoms with Gasteiger partial charge in [0, 0.05) is 19.2 Å². The van der Waals surface area contributed by atoms with Crippen LogP contribution < -0.4 is 38.2 Å². The number of hydrogen-bond donors (Lipinski definition) is 2. The van der Waals surface area contributed by atoms with Crippen LogP contribution in [0.5, 0.6) is 23.0 Å². The molecular formula is C37H38N6O10S2. The molecule has 2 N–H and O–H groups in total. The summed E-state index contributed by atoms with van der Waals surface area (Å²) < 4.78 is 80.5. The van der Waals surface area contributed by atoms with E-state index in [0.717, 1.165) is 8.61 Å². The fraction of sp³-hybridized carbons (Fsp3) is 0.189. The van der Waals surface area contributed by atoms with Crippen LogP contribution in [0.3, 0.4) is 0 Å². The number of nitrogens with one attached hydrogen (secondary N) is 2. The first kappa shape index (κ1) is 39.8. The second-order valence-corrected chi connectivity index (χ2v) is 15.2. The highest BCUT2D eigenvalue weighted by atomic mass is 32.2. The van der Waals surface area contributed by atoms with Crippen LogP contribution in [0.1, 0.15) is 0 Å². The Morgan fingerprint density at radius 2 is 1.15 bits per heavy atom. The average molecular weight is 791 g/mol. The Kier molecular flexibility index (Phi) is 12.4. The number of methoxy groups -OCH3 is 4. The third kappa shape index (κ3) is 8.88. The van der Waals surface area contributed by atoms with E-state index in [-0.39, 0.29) is 38.4 Å². The topological polar surface area (TPSA) is 196 Å². The van der Waals surface area contributed by atoms with Gasteiger partial charge in [0.25, 0.3) is 20.0 Å². The number of amides is 2. The van der Waals surface area contributed by atoms with Gasteiger partial charge in [-0.25, -0.2) is 26.8 Å². The second-order valence-electron chi connectivity index (χ2n) is 11.5. The zero-order valence-corrected chi connectivity index (χ0v) is 32.0. The Morgan fingerprint density at radius 1 is 0.618 bits per heavy atom. The molecule has 0 saturated carbocycles. The molecule has 1 heterocycles. The Labute approximate surface area is 318 Å². The summed E-state index contributed by atoms with van der Waals surface area (Å²) in [7, 11) is -1.88. The van der Waals surface area contributed by atoms with Gasteiger partial charge in [-0.3, -0.25) is 18.2 Å². The largest absolute Gasteiger partial charge is 0.497 e. The summed E-state index contributed by atoms with van der Waals surface area (Å²) in [6, 6.07) is 20.8. The summed E-state index contributed by atoms with van der Waals surface area (Å²) in [6.07, 6.45) is 4.02. The van der Waals surface area contributed by atoms with Gasteiger partial charge in [-0.1, -0.05) is 24.3 Å². The number of nitrogens with zero attached hydrogens (tertiary/aromatic N) is 4. The van der Waals surface area contributed by atoms with Crippen molar-refractivity contribution >= 4 is 48.9 Å². The zero-order valence-electron chi connectivity index (χ0n) is 30.4. The molecule has 0 bridgehead atoms. The van der Waals surface area contributed by atoms with E-state index in [1.165, 1.54) is 121 Å². The number of carbonyl (C=O) groups is 2. The van der Waals surface area contributed by atoms with E-state index in [4.69, 9.17) is 18.9 Å². The maximum atomic E-state index is 14.3. The molecule has 0 aliphatic carbocycles. The number of carbonyl (C=O) groups excluding carboxylic acids is 2. The number of aromatic nitrogens is 2. The summed E-state index contributed by atoms with van der Waals surface area (Å²) >= 11 is 0. The molecule has 0 atom stereocenters. The Morgan fingerprint density at radius 3 is 1.65 bits per heavy atom. The third-order valence-corrected chi connectivity index (χ3v) is 11.7. The average Bonchev–Trinajstić information content (AvgIpc) is 3.21. The molecule has 2 amide bonds. The Hall–Kier alpha value is -6.40. The standard InChI is InChI=1S/C37H38N6O10S2/c1-38-36(44)22-42(32-18-28(50-2)11-15-34(32)52-4)55(48,49)31-8-6-7-26(17-31)25-9-13-30(14-10-25)54(46,47)43(23-37(45)41-27-20-39-24-40-21-27)33-19-29(51-3)12-16-35(33)53-5/h6-21,24H,22-23H2,1-5H3,(H,38,44)(H,41,45). The van der Waals surface area contributed by atoms with E-state index >= 15 is 0 Å². The van der Waals surface area contributed by atoms with Crippen LogP contribution in [-0.2, 0) is 29.6 Å². The summed E-state index contributed by atoms with van der Waals surface area (Å²) in [4.78, 5) is 33.2. The molecule has 288 valence electrons. The molecule has 18 heteroatoms. The number of likely N-dealkylation sites (N-methyl/N-ethyl adjacent to an activating group) is 1. The molecule has 5 rings (SSSR count). The highest BCUT2D eigenvalue weighted by Gasteiger charge is 2.32.